The number of para-hydroxylation sites is 2. The number of carbonyl (C=O) groups excluding carboxylic acids is 1. The van der Waals surface area contributed by atoms with Crippen LogP contribution in [-0.2, 0) is 11.8 Å². The maximum absolute atomic E-state index is 12.0. The van der Waals surface area contributed by atoms with Crippen molar-refractivity contribution in [3.05, 3.63) is 48.5 Å². The number of rotatable bonds is 6. The third-order valence-electron chi connectivity index (χ3n) is 4.63. The fourth-order valence-corrected chi connectivity index (χ4v) is 3.02. The number of amides is 1. The molecule has 25 heavy (non-hydrogen) atoms. The maximum Gasteiger partial charge on any atom is 0.238 e. The Morgan fingerprint density at radius 3 is 2.64 bits per heavy atom. The molecule has 4 rings (SSSR count). The van der Waals surface area contributed by atoms with E-state index in [0.29, 0.717) is 6.54 Å². The van der Waals surface area contributed by atoms with Gasteiger partial charge >= 0.3 is 0 Å². The second kappa shape index (κ2) is 6.69. The highest BCUT2D eigenvalue weighted by Crippen LogP contribution is 2.27. The summed E-state index contributed by atoms with van der Waals surface area (Å²) in [6.45, 7) is 1.31. The molecule has 1 aliphatic rings. The molecule has 1 saturated carbocycles. The van der Waals surface area contributed by atoms with Crippen molar-refractivity contribution in [1.82, 2.24) is 14.9 Å². The molecule has 1 fully saturated rings. The first kappa shape index (κ1) is 15.8. The second-order valence-corrected chi connectivity index (χ2v) is 6.68. The van der Waals surface area contributed by atoms with Crippen LogP contribution in [0.3, 0.4) is 0 Å². The van der Waals surface area contributed by atoms with Crippen LogP contribution in [0, 0.1) is 5.92 Å². The summed E-state index contributed by atoms with van der Waals surface area (Å²) in [5, 5.41) is 6.13. The van der Waals surface area contributed by atoms with Crippen LogP contribution in [0.15, 0.2) is 48.5 Å². The molecule has 0 bridgehead atoms. The predicted octanol–water partition coefficient (Wildman–Crippen LogP) is 3.18. The Labute approximate surface area is 147 Å². The fourth-order valence-electron chi connectivity index (χ4n) is 3.02. The molecule has 2 N–H and O–H groups in total. The minimum atomic E-state index is -0.00358. The standard InChI is InChI=1S/C20H22N4O/c1-24-18-5-3-2-4-17(18)23-20(24)15-8-10-16(11-9-15)22-19(25)13-21-12-14-6-7-14/h2-5,8-11,14,21H,6-7,12-13H2,1H3,(H,22,25). The monoisotopic (exact) mass is 334 g/mol. The molecule has 0 aliphatic heterocycles. The van der Waals surface area contributed by atoms with Crippen molar-refractivity contribution in [2.75, 3.05) is 18.4 Å². The van der Waals surface area contributed by atoms with Gasteiger partial charge in [0.2, 0.25) is 5.91 Å². The number of nitrogens with one attached hydrogen (secondary N) is 2. The van der Waals surface area contributed by atoms with Gasteiger partial charge < -0.3 is 15.2 Å². The Kier molecular flexibility index (Phi) is 4.24. The van der Waals surface area contributed by atoms with Crippen molar-refractivity contribution < 1.29 is 4.79 Å². The Balaban J connectivity index is 1.43. The van der Waals surface area contributed by atoms with Gasteiger partial charge in [0.1, 0.15) is 5.82 Å². The van der Waals surface area contributed by atoms with Crippen LogP contribution < -0.4 is 10.6 Å². The lowest BCUT2D eigenvalue weighted by atomic mass is 10.2. The first-order valence-corrected chi connectivity index (χ1v) is 8.73. The molecule has 0 spiro atoms. The van der Waals surface area contributed by atoms with E-state index in [1.807, 2.05) is 49.5 Å². The summed E-state index contributed by atoms with van der Waals surface area (Å²) in [4.78, 5) is 16.7. The zero-order chi connectivity index (χ0) is 17.2. The molecule has 1 aliphatic carbocycles. The Hall–Kier alpha value is -2.66. The van der Waals surface area contributed by atoms with Crippen LogP contribution in [-0.4, -0.2) is 28.5 Å². The van der Waals surface area contributed by atoms with E-state index in [4.69, 9.17) is 4.98 Å². The van der Waals surface area contributed by atoms with Gasteiger partial charge in [-0.1, -0.05) is 12.1 Å². The Morgan fingerprint density at radius 1 is 1.16 bits per heavy atom. The zero-order valence-corrected chi connectivity index (χ0v) is 14.3. The minimum Gasteiger partial charge on any atom is -0.327 e. The van der Waals surface area contributed by atoms with E-state index in [1.165, 1.54) is 12.8 Å². The molecule has 0 radical (unpaired) electrons. The SMILES string of the molecule is Cn1c(-c2ccc(NC(=O)CNCC3CC3)cc2)nc2ccccc21. The van der Waals surface area contributed by atoms with Gasteiger partial charge in [-0.2, -0.15) is 0 Å². The van der Waals surface area contributed by atoms with Gasteiger partial charge in [0.15, 0.2) is 0 Å². The van der Waals surface area contributed by atoms with Crippen LogP contribution in [0.5, 0.6) is 0 Å². The number of hydrogen-bond donors (Lipinski definition) is 2. The van der Waals surface area contributed by atoms with Gasteiger partial charge in [-0.15, -0.1) is 0 Å². The van der Waals surface area contributed by atoms with Gasteiger partial charge in [-0.3, -0.25) is 4.79 Å². The van der Waals surface area contributed by atoms with E-state index in [9.17, 15) is 4.79 Å². The minimum absolute atomic E-state index is 0.00358. The highest BCUT2D eigenvalue weighted by atomic mass is 16.1. The summed E-state index contributed by atoms with van der Waals surface area (Å²) >= 11 is 0. The van der Waals surface area contributed by atoms with Gasteiger partial charge in [0, 0.05) is 18.3 Å². The topological polar surface area (TPSA) is 59.0 Å². The Morgan fingerprint density at radius 2 is 1.92 bits per heavy atom. The quantitative estimate of drug-likeness (QED) is 0.728. The van der Waals surface area contributed by atoms with Crippen LogP contribution in [0.1, 0.15) is 12.8 Å². The van der Waals surface area contributed by atoms with E-state index in [-0.39, 0.29) is 5.91 Å². The molecule has 3 aromatic rings. The predicted molar refractivity (Wildman–Crippen MR) is 100 cm³/mol. The van der Waals surface area contributed by atoms with Crippen molar-refractivity contribution in [1.29, 1.82) is 0 Å². The van der Waals surface area contributed by atoms with Gasteiger partial charge in [0.25, 0.3) is 0 Å². The number of imidazole rings is 1. The molecule has 128 valence electrons. The van der Waals surface area contributed by atoms with E-state index >= 15 is 0 Å². The first-order valence-electron chi connectivity index (χ1n) is 8.73. The van der Waals surface area contributed by atoms with E-state index < -0.39 is 0 Å². The van der Waals surface area contributed by atoms with Crippen LogP contribution in [0.2, 0.25) is 0 Å². The molecule has 1 heterocycles. The number of aryl methyl sites for hydroxylation is 1. The lowest BCUT2D eigenvalue weighted by Gasteiger charge is -2.08. The maximum atomic E-state index is 12.0. The third kappa shape index (κ3) is 3.56. The third-order valence-corrected chi connectivity index (χ3v) is 4.63. The van der Waals surface area contributed by atoms with E-state index in [1.54, 1.807) is 0 Å². The van der Waals surface area contributed by atoms with E-state index in [0.717, 1.165) is 40.6 Å². The number of anilines is 1. The zero-order valence-electron chi connectivity index (χ0n) is 14.3. The molecule has 0 saturated heterocycles. The van der Waals surface area contributed by atoms with Crippen molar-refractivity contribution in [2.45, 2.75) is 12.8 Å². The molecule has 0 unspecified atom stereocenters. The van der Waals surface area contributed by atoms with Crippen molar-refractivity contribution in [2.24, 2.45) is 13.0 Å². The molecule has 1 aromatic heterocycles. The number of nitrogens with zero attached hydrogens (tertiary/aromatic N) is 2. The number of benzene rings is 2. The van der Waals surface area contributed by atoms with Crippen molar-refractivity contribution in [3.63, 3.8) is 0 Å². The molecular weight excluding hydrogens is 312 g/mol. The Bertz CT molecular complexity index is 894. The molecule has 0 atom stereocenters. The molecule has 2 aromatic carbocycles. The smallest absolute Gasteiger partial charge is 0.238 e. The number of hydrogen-bond acceptors (Lipinski definition) is 3. The van der Waals surface area contributed by atoms with Crippen LogP contribution in [0.25, 0.3) is 22.4 Å². The average molecular weight is 334 g/mol. The highest BCUT2D eigenvalue weighted by molar-refractivity contribution is 5.92. The summed E-state index contributed by atoms with van der Waals surface area (Å²) in [5.41, 5.74) is 3.93. The lowest BCUT2D eigenvalue weighted by Crippen LogP contribution is -2.29. The first-order chi connectivity index (χ1) is 12.2. The van der Waals surface area contributed by atoms with Gasteiger partial charge in [-0.25, -0.2) is 4.98 Å². The number of carbonyl (C=O) groups is 1. The molecular formula is C20H22N4O. The largest absolute Gasteiger partial charge is 0.327 e. The van der Waals surface area contributed by atoms with E-state index in [2.05, 4.69) is 21.3 Å². The van der Waals surface area contributed by atoms with Gasteiger partial charge in [0.05, 0.1) is 17.6 Å². The van der Waals surface area contributed by atoms with Crippen molar-refractivity contribution >= 4 is 22.6 Å². The fraction of sp³-hybridized carbons (Fsp3) is 0.300. The number of aromatic nitrogens is 2. The molecule has 1 amide bonds. The summed E-state index contributed by atoms with van der Waals surface area (Å²) in [5.74, 6) is 1.70. The normalized spacial score (nSPS) is 14.0. The van der Waals surface area contributed by atoms with Gasteiger partial charge in [-0.05, 0) is 61.7 Å². The summed E-state index contributed by atoms with van der Waals surface area (Å²) in [6, 6.07) is 15.9. The van der Waals surface area contributed by atoms with Crippen LogP contribution >= 0.6 is 0 Å². The molecule has 5 heteroatoms. The summed E-state index contributed by atoms with van der Waals surface area (Å²) in [7, 11) is 2.02. The second-order valence-electron chi connectivity index (χ2n) is 6.68. The summed E-state index contributed by atoms with van der Waals surface area (Å²) < 4.78 is 2.09. The highest BCUT2D eigenvalue weighted by Gasteiger charge is 2.20. The molecule has 5 nitrogen and oxygen atoms in total. The lowest BCUT2D eigenvalue weighted by molar-refractivity contribution is -0.115. The van der Waals surface area contributed by atoms with Crippen LogP contribution in [0.4, 0.5) is 5.69 Å². The number of fused-ring (bicyclic) bond motifs is 1. The van der Waals surface area contributed by atoms with Crippen molar-refractivity contribution in [3.8, 4) is 11.4 Å². The average Bonchev–Trinajstić information content (AvgIpc) is 3.39. The summed E-state index contributed by atoms with van der Waals surface area (Å²) in [6.07, 6.45) is 2.58.